The Morgan fingerprint density at radius 3 is 1.92 bits per heavy atom. The minimum Gasteiger partial charge on any atom is -0.256 e. The number of hydrogen-bond donors (Lipinski definition) is 0. The first-order valence-electron chi connectivity index (χ1n) is 12.6. The van der Waals surface area contributed by atoms with E-state index in [9.17, 15) is 0 Å². The largest absolute Gasteiger partial charge is 0.256 e. The van der Waals surface area contributed by atoms with Crippen molar-refractivity contribution in [3.63, 3.8) is 0 Å². The van der Waals surface area contributed by atoms with Gasteiger partial charge in [-0.1, -0.05) is 122 Å². The molecule has 1 nitrogen and oxygen atoms in total. The Balaban J connectivity index is 1.73. The molecule has 1 aromatic heterocycles. The van der Waals surface area contributed by atoms with Crippen molar-refractivity contribution in [1.82, 2.24) is 4.98 Å². The van der Waals surface area contributed by atoms with Crippen molar-refractivity contribution in [2.24, 2.45) is 0 Å². The summed E-state index contributed by atoms with van der Waals surface area (Å²) < 4.78 is 0. The van der Waals surface area contributed by atoms with Crippen LogP contribution in [0.2, 0.25) is 0 Å². The summed E-state index contributed by atoms with van der Waals surface area (Å²) in [7, 11) is 0. The fourth-order valence-corrected chi connectivity index (χ4v) is 5.46. The van der Waals surface area contributed by atoms with Gasteiger partial charge in [0.05, 0.1) is 5.52 Å². The highest BCUT2D eigenvalue weighted by molar-refractivity contribution is 6.24. The number of aromatic nitrogens is 1. The summed E-state index contributed by atoms with van der Waals surface area (Å²) in [5.74, 6) is 0. The third-order valence-electron chi connectivity index (χ3n) is 7.03. The first-order chi connectivity index (χ1) is 18.3. The van der Waals surface area contributed by atoms with Gasteiger partial charge in [-0.2, -0.15) is 0 Å². The van der Waals surface area contributed by atoms with Crippen LogP contribution in [0.5, 0.6) is 0 Å². The maximum absolute atomic E-state index is 4.81. The molecule has 0 saturated carbocycles. The first-order valence-corrected chi connectivity index (χ1v) is 12.6. The molecule has 0 aliphatic heterocycles. The van der Waals surface area contributed by atoms with Gasteiger partial charge in [0, 0.05) is 17.1 Å². The molecule has 6 rings (SSSR count). The number of benzene rings is 5. The van der Waals surface area contributed by atoms with Crippen molar-refractivity contribution in [3.05, 3.63) is 151 Å². The van der Waals surface area contributed by atoms with E-state index in [1.165, 1.54) is 49.4 Å². The van der Waals surface area contributed by atoms with Gasteiger partial charge in [0.15, 0.2) is 0 Å². The van der Waals surface area contributed by atoms with Crippen molar-refractivity contribution in [1.29, 1.82) is 0 Å². The van der Waals surface area contributed by atoms with Gasteiger partial charge in [0.25, 0.3) is 0 Å². The highest BCUT2D eigenvalue weighted by Gasteiger charge is 2.20. The topological polar surface area (TPSA) is 12.9 Å². The normalized spacial score (nSPS) is 12.4. The lowest BCUT2D eigenvalue weighted by atomic mass is 9.82. The third kappa shape index (κ3) is 3.95. The predicted molar refractivity (Wildman–Crippen MR) is 160 cm³/mol. The summed E-state index contributed by atoms with van der Waals surface area (Å²) in [6.45, 7) is 6.19. The second-order valence-electron chi connectivity index (χ2n) is 9.14. The van der Waals surface area contributed by atoms with Crippen molar-refractivity contribution >= 4 is 43.6 Å². The number of fused-ring (bicyclic) bond motifs is 3. The molecule has 0 saturated heterocycles. The molecule has 0 amide bonds. The quantitative estimate of drug-likeness (QED) is 0.179. The molecule has 0 radical (unpaired) electrons. The smallest absolute Gasteiger partial charge is 0.0702 e. The average molecular weight is 474 g/mol. The van der Waals surface area contributed by atoms with Gasteiger partial charge in [-0.15, -0.1) is 0 Å². The van der Waals surface area contributed by atoms with Gasteiger partial charge in [-0.3, -0.25) is 4.98 Å². The highest BCUT2D eigenvalue weighted by Crippen LogP contribution is 2.45. The van der Waals surface area contributed by atoms with Crippen LogP contribution < -0.4 is 0 Å². The summed E-state index contributed by atoms with van der Waals surface area (Å²) in [6.07, 6.45) is 8.26. The lowest BCUT2D eigenvalue weighted by molar-refractivity contribution is 1.41. The number of pyridine rings is 1. The second kappa shape index (κ2) is 9.72. The first kappa shape index (κ1) is 22.7. The summed E-state index contributed by atoms with van der Waals surface area (Å²) in [4.78, 5) is 4.81. The van der Waals surface area contributed by atoms with E-state index in [0.29, 0.717) is 0 Å². The summed E-state index contributed by atoms with van der Waals surface area (Å²) in [5.41, 5.74) is 8.12. The molecule has 176 valence electrons. The van der Waals surface area contributed by atoms with Crippen LogP contribution >= 0.6 is 0 Å². The van der Waals surface area contributed by atoms with Crippen LogP contribution in [0, 0.1) is 0 Å². The lowest BCUT2D eigenvalue weighted by Crippen LogP contribution is -1.97. The molecule has 1 heteroatoms. The molecular weight excluding hydrogens is 446 g/mol. The van der Waals surface area contributed by atoms with E-state index in [-0.39, 0.29) is 0 Å². The van der Waals surface area contributed by atoms with Gasteiger partial charge < -0.3 is 0 Å². The van der Waals surface area contributed by atoms with Crippen LogP contribution in [-0.4, -0.2) is 4.98 Å². The Kier molecular flexibility index (Phi) is 5.96. The minimum atomic E-state index is 1.01. The molecular formula is C36H27N. The molecule has 5 aromatic carbocycles. The number of nitrogens with zero attached hydrogens (tertiary/aromatic N) is 1. The summed E-state index contributed by atoms with van der Waals surface area (Å²) in [5, 5.41) is 6.00. The Morgan fingerprint density at radius 1 is 0.676 bits per heavy atom. The fourth-order valence-electron chi connectivity index (χ4n) is 5.46. The van der Waals surface area contributed by atoms with Crippen molar-refractivity contribution < 1.29 is 0 Å². The van der Waals surface area contributed by atoms with E-state index in [1.54, 1.807) is 0 Å². The molecule has 0 fully saturated rings. The summed E-state index contributed by atoms with van der Waals surface area (Å²) in [6, 6.07) is 38.6. The van der Waals surface area contributed by atoms with Crippen LogP contribution in [0.4, 0.5) is 0 Å². The Bertz CT molecular complexity index is 1780. The van der Waals surface area contributed by atoms with Gasteiger partial charge in [0.2, 0.25) is 0 Å². The molecule has 0 spiro atoms. The monoisotopic (exact) mass is 473 g/mol. The number of para-hydroxylation sites is 1. The van der Waals surface area contributed by atoms with Crippen molar-refractivity contribution in [3.8, 4) is 11.1 Å². The fraction of sp³-hybridized carbons (Fsp3) is 0.0278. The van der Waals surface area contributed by atoms with E-state index in [4.69, 9.17) is 4.98 Å². The molecule has 37 heavy (non-hydrogen) atoms. The maximum atomic E-state index is 4.81. The molecule has 0 unspecified atom stereocenters. The van der Waals surface area contributed by atoms with Gasteiger partial charge >= 0.3 is 0 Å². The molecule has 1 heterocycles. The Morgan fingerprint density at radius 2 is 1.27 bits per heavy atom. The second-order valence-corrected chi connectivity index (χ2v) is 9.14. The predicted octanol–water partition coefficient (Wildman–Crippen LogP) is 9.88. The van der Waals surface area contributed by atoms with Gasteiger partial charge in [0.1, 0.15) is 0 Å². The molecule has 0 N–H and O–H groups in total. The van der Waals surface area contributed by atoms with Crippen LogP contribution in [-0.2, 0) is 0 Å². The lowest BCUT2D eigenvalue weighted by Gasteiger charge is -2.21. The zero-order chi connectivity index (χ0) is 25.2. The highest BCUT2D eigenvalue weighted by atomic mass is 14.6. The van der Waals surface area contributed by atoms with Crippen LogP contribution in [0.25, 0.3) is 54.7 Å². The standard InChI is InChI=1S/C36H27N/c1-3-14-29(28(4-2)25-15-6-5-7-16-25)36-32-20-11-9-18-30(32)35(31-19-10-12-21-33(31)36)27-23-26-17-8-13-22-34(26)37-24-27/h3-24H,1H2,2H3/b28-4-,29-14+. The van der Waals surface area contributed by atoms with E-state index in [0.717, 1.165) is 16.5 Å². The van der Waals surface area contributed by atoms with Crippen LogP contribution in [0.1, 0.15) is 18.1 Å². The van der Waals surface area contributed by atoms with E-state index >= 15 is 0 Å². The summed E-state index contributed by atoms with van der Waals surface area (Å²) >= 11 is 0. The van der Waals surface area contributed by atoms with Gasteiger partial charge in [-0.05, 0) is 68.4 Å². The number of allylic oxidation sites excluding steroid dienone is 5. The van der Waals surface area contributed by atoms with E-state index in [2.05, 4.69) is 129 Å². The zero-order valence-electron chi connectivity index (χ0n) is 20.9. The number of hydrogen-bond acceptors (Lipinski definition) is 1. The van der Waals surface area contributed by atoms with Crippen LogP contribution in [0.15, 0.2) is 140 Å². The molecule has 0 aliphatic rings. The molecule has 0 aliphatic carbocycles. The maximum Gasteiger partial charge on any atom is 0.0702 e. The Labute approximate surface area is 217 Å². The van der Waals surface area contributed by atoms with E-state index in [1.807, 2.05) is 18.3 Å². The number of rotatable bonds is 5. The third-order valence-corrected chi connectivity index (χ3v) is 7.03. The van der Waals surface area contributed by atoms with Crippen LogP contribution in [0.3, 0.4) is 0 Å². The molecule has 0 bridgehead atoms. The van der Waals surface area contributed by atoms with Crippen molar-refractivity contribution in [2.45, 2.75) is 6.92 Å². The van der Waals surface area contributed by atoms with Crippen molar-refractivity contribution in [2.75, 3.05) is 0 Å². The SMILES string of the molecule is C=C/C=C(\C(=C/C)c1ccccc1)c1c2ccccc2c(-c2cnc3ccccc3c2)c2ccccc12. The molecule has 0 atom stereocenters. The average Bonchev–Trinajstić information content (AvgIpc) is 2.96. The van der Waals surface area contributed by atoms with E-state index < -0.39 is 0 Å². The Hall–Kier alpha value is -4.75. The minimum absolute atomic E-state index is 1.01. The molecule has 6 aromatic rings. The van der Waals surface area contributed by atoms with Gasteiger partial charge in [-0.25, -0.2) is 0 Å². The zero-order valence-corrected chi connectivity index (χ0v) is 20.9.